The zero-order valence-electron chi connectivity index (χ0n) is 10.2. The molecule has 1 saturated heterocycles. The molecule has 1 atom stereocenters. The van der Waals surface area contributed by atoms with E-state index >= 15 is 0 Å². The Balaban J connectivity index is 1.88. The van der Waals surface area contributed by atoms with E-state index in [1.807, 2.05) is 0 Å². The van der Waals surface area contributed by atoms with E-state index in [0.717, 1.165) is 12.5 Å². The van der Waals surface area contributed by atoms with E-state index in [0.29, 0.717) is 0 Å². The Morgan fingerprint density at radius 1 is 1.19 bits per heavy atom. The third-order valence-electron chi connectivity index (χ3n) is 3.35. The summed E-state index contributed by atoms with van der Waals surface area (Å²) in [7, 11) is 0. The van der Waals surface area contributed by atoms with E-state index in [9.17, 15) is 0 Å². The molecule has 1 radical (unpaired) electrons. The van der Waals surface area contributed by atoms with Crippen LogP contribution >= 0.6 is 0 Å². The summed E-state index contributed by atoms with van der Waals surface area (Å²) >= 11 is 0. The van der Waals surface area contributed by atoms with Crippen LogP contribution in [0.15, 0.2) is 24.3 Å². The maximum Gasteiger partial charge on any atom is -0.00145 e. The van der Waals surface area contributed by atoms with Gasteiger partial charge in [-0.15, -0.1) is 0 Å². The maximum atomic E-state index is 3.37. The molecule has 1 aliphatic heterocycles. The fraction of sp³-hybridized carbons (Fsp3) is 0.533. The quantitative estimate of drug-likeness (QED) is 0.816. The Hall–Kier alpha value is -0.820. The molecule has 0 amide bonds. The molecule has 0 spiro atoms. The first-order valence-electron chi connectivity index (χ1n) is 6.50. The summed E-state index contributed by atoms with van der Waals surface area (Å²) in [6.45, 7) is 4.49. The lowest BCUT2D eigenvalue weighted by Crippen LogP contribution is -2.29. The molecule has 16 heavy (non-hydrogen) atoms. The van der Waals surface area contributed by atoms with Crippen molar-refractivity contribution < 1.29 is 0 Å². The average molecular weight is 216 g/mol. The molecule has 1 fully saturated rings. The van der Waals surface area contributed by atoms with Gasteiger partial charge in [0.25, 0.3) is 0 Å². The number of rotatable bonds is 4. The van der Waals surface area contributed by atoms with Gasteiger partial charge in [-0.3, -0.25) is 0 Å². The molecule has 1 N–H and O–H groups in total. The second-order valence-corrected chi connectivity index (χ2v) is 4.76. The zero-order valence-corrected chi connectivity index (χ0v) is 10.2. The van der Waals surface area contributed by atoms with Crippen molar-refractivity contribution in [1.29, 1.82) is 0 Å². The van der Waals surface area contributed by atoms with Crippen LogP contribution in [0.2, 0.25) is 0 Å². The van der Waals surface area contributed by atoms with E-state index in [2.05, 4.69) is 42.9 Å². The molecule has 0 aromatic heterocycles. The van der Waals surface area contributed by atoms with Crippen molar-refractivity contribution in [3.8, 4) is 0 Å². The number of hydrogen-bond donors (Lipinski definition) is 1. The molecule has 1 aromatic rings. The molecule has 1 aromatic carbocycles. The molecular formula is C15H22N. The molecule has 1 aliphatic rings. The molecule has 1 heteroatoms. The molecule has 1 unspecified atom stereocenters. The van der Waals surface area contributed by atoms with E-state index in [1.54, 1.807) is 0 Å². The number of aryl methyl sites for hydroxylation is 1. The number of benzene rings is 1. The minimum absolute atomic E-state index is 0.776. The predicted molar refractivity (Wildman–Crippen MR) is 69.4 cm³/mol. The van der Waals surface area contributed by atoms with Gasteiger partial charge in [-0.1, -0.05) is 37.6 Å². The lowest BCUT2D eigenvalue weighted by Gasteiger charge is -2.22. The van der Waals surface area contributed by atoms with Crippen LogP contribution in [-0.2, 0) is 12.8 Å². The van der Waals surface area contributed by atoms with Gasteiger partial charge < -0.3 is 5.32 Å². The molecule has 0 bridgehead atoms. The highest BCUT2D eigenvalue weighted by atomic mass is 14.9. The average Bonchev–Trinajstić information content (AvgIpc) is 2.33. The predicted octanol–water partition coefficient (Wildman–Crippen LogP) is 3.00. The molecule has 0 aliphatic carbocycles. The van der Waals surface area contributed by atoms with Crippen LogP contribution in [0.4, 0.5) is 0 Å². The third kappa shape index (κ3) is 3.34. The molecule has 87 valence electrons. The first kappa shape index (κ1) is 11.7. The van der Waals surface area contributed by atoms with Gasteiger partial charge in [0.1, 0.15) is 0 Å². The van der Waals surface area contributed by atoms with Crippen molar-refractivity contribution in [1.82, 2.24) is 5.32 Å². The van der Waals surface area contributed by atoms with E-state index in [-0.39, 0.29) is 0 Å². The van der Waals surface area contributed by atoms with Gasteiger partial charge >= 0.3 is 0 Å². The minimum atomic E-state index is 0.776. The maximum absolute atomic E-state index is 3.37. The molecule has 1 heterocycles. The highest BCUT2D eigenvalue weighted by Gasteiger charge is 2.13. The van der Waals surface area contributed by atoms with Crippen LogP contribution in [0, 0.1) is 12.3 Å². The monoisotopic (exact) mass is 216 g/mol. The number of nitrogens with one attached hydrogen (secondary N) is 1. The van der Waals surface area contributed by atoms with Gasteiger partial charge in [0.2, 0.25) is 0 Å². The van der Waals surface area contributed by atoms with Crippen LogP contribution < -0.4 is 5.32 Å². The van der Waals surface area contributed by atoms with E-state index in [1.165, 1.54) is 43.4 Å². The number of piperidine rings is 1. The van der Waals surface area contributed by atoms with Crippen LogP contribution in [0.3, 0.4) is 0 Å². The van der Waals surface area contributed by atoms with Crippen LogP contribution in [-0.4, -0.2) is 13.1 Å². The van der Waals surface area contributed by atoms with Crippen molar-refractivity contribution in [3.63, 3.8) is 0 Å². The second-order valence-electron chi connectivity index (χ2n) is 4.76. The van der Waals surface area contributed by atoms with Gasteiger partial charge in [0.05, 0.1) is 0 Å². The fourth-order valence-corrected chi connectivity index (χ4v) is 2.38. The molecule has 0 saturated carbocycles. The van der Waals surface area contributed by atoms with Crippen molar-refractivity contribution >= 4 is 0 Å². The lowest BCUT2D eigenvalue weighted by atomic mass is 9.90. The molecular weight excluding hydrogens is 194 g/mol. The number of hydrogen-bond acceptors (Lipinski definition) is 1. The van der Waals surface area contributed by atoms with Crippen molar-refractivity contribution in [3.05, 3.63) is 41.8 Å². The van der Waals surface area contributed by atoms with Gasteiger partial charge in [-0.25, -0.2) is 0 Å². The summed E-state index contributed by atoms with van der Waals surface area (Å²) < 4.78 is 0. The van der Waals surface area contributed by atoms with Crippen LogP contribution in [0.25, 0.3) is 0 Å². The Kier molecular flexibility index (Phi) is 4.41. The van der Waals surface area contributed by atoms with Crippen LogP contribution in [0.1, 0.15) is 30.9 Å². The summed E-state index contributed by atoms with van der Waals surface area (Å²) in [4.78, 5) is 0. The topological polar surface area (TPSA) is 12.0 Å². The standard InChI is InChI=1S/C15H22N/c1-2-3-13-4-6-14(7-5-13)12-15-8-10-16-11-9-15/h4-8,15-16H,2-3,9-12H2,1H3. The Labute approximate surface area is 99.3 Å². The smallest absolute Gasteiger partial charge is 0.00145 e. The van der Waals surface area contributed by atoms with E-state index < -0.39 is 0 Å². The summed E-state index contributed by atoms with van der Waals surface area (Å²) in [6, 6.07) is 9.20. The largest absolute Gasteiger partial charge is 0.316 e. The van der Waals surface area contributed by atoms with Crippen molar-refractivity contribution in [2.24, 2.45) is 5.92 Å². The molecule has 2 rings (SSSR count). The lowest BCUT2D eigenvalue weighted by molar-refractivity contribution is 0.457. The second kappa shape index (κ2) is 6.05. The van der Waals surface area contributed by atoms with Gasteiger partial charge in [0, 0.05) is 0 Å². The SMILES string of the molecule is CCCc1ccc(CC2[CH]CNCC2)cc1. The first-order chi connectivity index (χ1) is 7.88. The van der Waals surface area contributed by atoms with Gasteiger partial charge in [-0.2, -0.15) is 0 Å². The Bertz CT molecular complexity index is 296. The first-order valence-corrected chi connectivity index (χ1v) is 6.50. The van der Waals surface area contributed by atoms with Gasteiger partial charge in [0.15, 0.2) is 0 Å². The highest BCUT2D eigenvalue weighted by molar-refractivity contribution is 5.23. The summed E-state index contributed by atoms with van der Waals surface area (Å²) in [5.74, 6) is 0.776. The summed E-state index contributed by atoms with van der Waals surface area (Å²) in [5.41, 5.74) is 2.96. The summed E-state index contributed by atoms with van der Waals surface area (Å²) in [5, 5.41) is 3.37. The highest BCUT2D eigenvalue weighted by Crippen LogP contribution is 2.17. The Morgan fingerprint density at radius 2 is 1.94 bits per heavy atom. The van der Waals surface area contributed by atoms with Crippen molar-refractivity contribution in [2.45, 2.75) is 32.6 Å². The molecule has 1 nitrogen and oxygen atoms in total. The van der Waals surface area contributed by atoms with Gasteiger partial charge in [-0.05, 0) is 55.8 Å². The van der Waals surface area contributed by atoms with E-state index in [4.69, 9.17) is 0 Å². The third-order valence-corrected chi connectivity index (χ3v) is 3.35. The zero-order chi connectivity index (χ0) is 11.2. The van der Waals surface area contributed by atoms with Crippen molar-refractivity contribution in [2.75, 3.05) is 13.1 Å². The minimum Gasteiger partial charge on any atom is -0.316 e. The normalized spacial score (nSPS) is 17.6. The fourth-order valence-electron chi connectivity index (χ4n) is 2.38. The van der Waals surface area contributed by atoms with Crippen LogP contribution in [0.5, 0.6) is 0 Å². The summed E-state index contributed by atoms with van der Waals surface area (Å²) in [6.07, 6.45) is 7.37. The Morgan fingerprint density at radius 3 is 2.56 bits per heavy atom.